The van der Waals surface area contributed by atoms with Crippen molar-refractivity contribution in [3.8, 4) is 11.4 Å². The monoisotopic (exact) mass is 377 g/mol. The third-order valence-electron chi connectivity index (χ3n) is 5.70. The van der Waals surface area contributed by atoms with Crippen LogP contribution >= 0.6 is 0 Å². The number of nitrogens with zero attached hydrogens (tertiary/aromatic N) is 2. The zero-order valence-corrected chi connectivity index (χ0v) is 15.7. The average Bonchev–Trinajstić information content (AvgIpc) is 3.34. The molecule has 1 aliphatic rings. The van der Waals surface area contributed by atoms with Gasteiger partial charge in [-0.3, -0.25) is 0 Å². The van der Waals surface area contributed by atoms with Gasteiger partial charge in [0.25, 0.3) is 0 Å². The van der Waals surface area contributed by atoms with Gasteiger partial charge >= 0.3 is 0 Å². The normalized spacial score (nSPS) is 13.0. The predicted octanol–water partition coefficient (Wildman–Crippen LogP) is 6.01. The van der Waals surface area contributed by atoms with Crippen LogP contribution in [0.2, 0.25) is 0 Å². The number of phenols is 1. The zero-order chi connectivity index (χ0) is 19.4. The number of hydrogen-bond acceptors (Lipinski definition) is 3. The molecule has 4 nitrogen and oxygen atoms in total. The van der Waals surface area contributed by atoms with E-state index >= 15 is 0 Å². The van der Waals surface area contributed by atoms with E-state index in [-0.39, 0.29) is 5.75 Å². The molecule has 6 rings (SSSR count). The summed E-state index contributed by atoms with van der Waals surface area (Å²) in [5.41, 5.74) is 6.30. The second kappa shape index (κ2) is 6.04. The van der Waals surface area contributed by atoms with Crippen LogP contribution in [0.15, 0.2) is 91.0 Å². The summed E-state index contributed by atoms with van der Waals surface area (Å²) in [6, 6.07) is 30.8. The molecule has 0 fully saturated rings. The maximum absolute atomic E-state index is 11.0. The number of nitrogens with one attached hydrogen (secondary N) is 1. The Morgan fingerprint density at radius 2 is 1.48 bits per heavy atom. The third-order valence-corrected chi connectivity index (χ3v) is 5.70. The fraction of sp³-hybridized carbons (Fsp3) is 0.0400. The van der Waals surface area contributed by atoms with E-state index in [9.17, 15) is 5.11 Å². The van der Waals surface area contributed by atoms with E-state index in [2.05, 4.69) is 75.4 Å². The van der Waals surface area contributed by atoms with Crippen LogP contribution in [0.1, 0.15) is 0 Å². The molecule has 4 heteroatoms. The topological polar surface area (TPSA) is 40.4 Å². The van der Waals surface area contributed by atoms with E-state index in [1.54, 1.807) is 6.07 Å². The van der Waals surface area contributed by atoms with E-state index in [4.69, 9.17) is 0 Å². The Labute approximate surface area is 168 Å². The molecule has 140 valence electrons. The highest BCUT2D eigenvalue weighted by Crippen LogP contribution is 2.47. The van der Waals surface area contributed by atoms with Crippen LogP contribution in [0.3, 0.4) is 0 Å². The molecule has 2 heterocycles. The number of benzene rings is 4. The summed E-state index contributed by atoms with van der Waals surface area (Å²) in [5, 5.41) is 16.6. The van der Waals surface area contributed by atoms with Crippen LogP contribution < -0.4 is 10.2 Å². The van der Waals surface area contributed by atoms with Crippen molar-refractivity contribution in [2.75, 3.05) is 16.9 Å². The number of fused-ring (bicyclic) bond motifs is 4. The molecular weight excluding hydrogens is 358 g/mol. The van der Waals surface area contributed by atoms with Crippen molar-refractivity contribution >= 4 is 38.9 Å². The second-order valence-electron chi connectivity index (χ2n) is 7.30. The highest BCUT2D eigenvalue weighted by Gasteiger charge is 2.26. The minimum atomic E-state index is 0.284. The van der Waals surface area contributed by atoms with E-state index in [0.29, 0.717) is 6.67 Å². The largest absolute Gasteiger partial charge is 0.506 e. The molecule has 0 bridgehead atoms. The van der Waals surface area contributed by atoms with Gasteiger partial charge in [-0.05, 0) is 42.5 Å². The maximum atomic E-state index is 11.0. The Morgan fingerprint density at radius 1 is 0.724 bits per heavy atom. The summed E-state index contributed by atoms with van der Waals surface area (Å²) in [6.07, 6.45) is 0. The smallest absolute Gasteiger partial charge is 0.140 e. The van der Waals surface area contributed by atoms with Crippen LogP contribution in [0, 0.1) is 0 Å². The molecule has 0 saturated heterocycles. The van der Waals surface area contributed by atoms with Crippen LogP contribution in [-0.4, -0.2) is 16.3 Å². The van der Waals surface area contributed by atoms with Crippen LogP contribution in [0.5, 0.6) is 5.75 Å². The lowest BCUT2D eigenvalue weighted by Gasteiger charge is -2.21. The first-order valence-corrected chi connectivity index (χ1v) is 9.74. The first kappa shape index (κ1) is 16.1. The Kier molecular flexibility index (Phi) is 3.35. The van der Waals surface area contributed by atoms with Gasteiger partial charge in [-0.2, -0.15) is 0 Å². The summed E-state index contributed by atoms with van der Waals surface area (Å²) in [6.45, 7) is 0.622. The lowest BCUT2D eigenvalue weighted by molar-refractivity contribution is 0.476. The SMILES string of the molecule is Oc1ccc2c(c1N1CNc3ccccc31)c1ccccc1n2-c1ccccc1. The summed E-state index contributed by atoms with van der Waals surface area (Å²) in [4.78, 5) is 2.16. The molecule has 0 amide bonds. The quantitative estimate of drug-likeness (QED) is 0.396. The number of para-hydroxylation sites is 4. The molecule has 1 aliphatic heterocycles. The van der Waals surface area contributed by atoms with Gasteiger partial charge in [0.15, 0.2) is 0 Å². The van der Waals surface area contributed by atoms with Crippen molar-refractivity contribution in [1.82, 2.24) is 4.57 Å². The lowest BCUT2D eigenvalue weighted by atomic mass is 10.1. The Hall–Kier alpha value is -3.92. The third kappa shape index (κ3) is 2.26. The Balaban J connectivity index is 1.73. The second-order valence-corrected chi connectivity index (χ2v) is 7.30. The summed E-state index contributed by atoms with van der Waals surface area (Å²) >= 11 is 0. The molecule has 29 heavy (non-hydrogen) atoms. The minimum absolute atomic E-state index is 0.284. The number of anilines is 3. The number of hydrogen-bond donors (Lipinski definition) is 2. The average molecular weight is 377 g/mol. The summed E-state index contributed by atoms with van der Waals surface area (Å²) in [5.74, 6) is 0.284. The minimum Gasteiger partial charge on any atom is -0.506 e. The fourth-order valence-corrected chi connectivity index (χ4v) is 4.47. The highest BCUT2D eigenvalue weighted by molar-refractivity contribution is 6.17. The summed E-state index contributed by atoms with van der Waals surface area (Å²) in [7, 11) is 0. The predicted molar refractivity (Wildman–Crippen MR) is 120 cm³/mol. The lowest BCUT2D eigenvalue weighted by Crippen LogP contribution is -2.16. The Morgan fingerprint density at radius 3 is 2.38 bits per heavy atom. The maximum Gasteiger partial charge on any atom is 0.140 e. The first-order valence-electron chi connectivity index (χ1n) is 9.74. The van der Waals surface area contributed by atoms with E-state index in [1.807, 2.05) is 24.3 Å². The van der Waals surface area contributed by atoms with Crippen molar-refractivity contribution in [3.05, 3.63) is 91.0 Å². The first-order chi connectivity index (χ1) is 14.3. The molecule has 0 aliphatic carbocycles. The molecular formula is C25H19N3O. The van der Waals surface area contributed by atoms with Crippen LogP contribution in [0.4, 0.5) is 17.1 Å². The Bertz CT molecular complexity index is 1370. The molecule has 0 radical (unpaired) electrons. The number of aromatic hydroxyl groups is 1. The number of phenolic OH excluding ortho intramolecular Hbond substituents is 1. The van der Waals surface area contributed by atoms with E-state index in [1.165, 1.54) is 0 Å². The van der Waals surface area contributed by atoms with Gasteiger partial charge in [0.05, 0.1) is 34.8 Å². The number of aromatic nitrogens is 1. The molecule has 0 spiro atoms. The molecule has 1 aromatic heterocycles. The fourth-order valence-electron chi connectivity index (χ4n) is 4.47. The van der Waals surface area contributed by atoms with Crippen molar-refractivity contribution in [1.29, 1.82) is 0 Å². The number of rotatable bonds is 2. The van der Waals surface area contributed by atoms with Gasteiger partial charge in [-0.15, -0.1) is 0 Å². The molecule has 2 N–H and O–H groups in total. The van der Waals surface area contributed by atoms with Crippen molar-refractivity contribution in [3.63, 3.8) is 0 Å². The van der Waals surface area contributed by atoms with Crippen molar-refractivity contribution < 1.29 is 5.11 Å². The summed E-state index contributed by atoms with van der Waals surface area (Å²) < 4.78 is 2.27. The van der Waals surface area contributed by atoms with E-state index in [0.717, 1.165) is 44.6 Å². The van der Waals surface area contributed by atoms with Gasteiger partial charge in [-0.1, -0.05) is 48.5 Å². The molecule has 0 atom stereocenters. The van der Waals surface area contributed by atoms with Crippen LogP contribution in [0.25, 0.3) is 27.5 Å². The molecule has 0 unspecified atom stereocenters. The van der Waals surface area contributed by atoms with Gasteiger partial charge in [0.1, 0.15) is 5.75 Å². The zero-order valence-electron chi connectivity index (χ0n) is 15.7. The van der Waals surface area contributed by atoms with Gasteiger partial charge < -0.3 is 19.9 Å². The van der Waals surface area contributed by atoms with E-state index < -0.39 is 0 Å². The van der Waals surface area contributed by atoms with Gasteiger partial charge in [0, 0.05) is 16.5 Å². The van der Waals surface area contributed by atoms with Crippen molar-refractivity contribution in [2.45, 2.75) is 0 Å². The molecule has 5 aromatic rings. The van der Waals surface area contributed by atoms with Gasteiger partial charge in [-0.25, -0.2) is 0 Å². The molecule has 0 saturated carbocycles. The van der Waals surface area contributed by atoms with Crippen LogP contribution in [-0.2, 0) is 0 Å². The van der Waals surface area contributed by atoms with Gasteiger partial charge in [0.2, 0.25) is 0 Å². The molecule has 4 aromatic carbocycles. The van der Waals surface area contributed by atoms with Crippen molar-refractivity contribution in [2.24, 2.45) is 0 Å². The standard InChI is InChI=1S/C25H19N3O/c29-23-15-14-22-24(25(23)27-16-26-19-11-5-7-13-21(19)27)18-10-4-6-12-20(18)28(22)17-8-2-1-3-9-17/h1-15,26,29H,16H2. The highest BCUT2D eigenvalue weighted by atomic mass is 16.3.